The van der Waals surface area contributed by atoms with E-state index in [-0.39, 0.29) is 22.9 Å². The van der Waals surface area contributed by atoms with Crippen LogP contribution in [0.5, 0.6) is 0 Å². The van der Waals surface area contributed by atoms with E-state index in [9.17, 15) is 13.2 Å². The van der Waals surface area contributed by atoms with Gasteiger partial charge < -0.3 is 9.59 Å². The number of halogens is 3. The van der Waals surface area contributed by atoms with Crippen molar-refractivity contribution in [3.63, 3.8) is 0 Å². The molecule has 1 aliphatic heterocycles. The van der Waals surface area contributed by atoms with E-state index in [2.05, 4.69) is 25.5 Å². The second-order valence-electron chi connectivity index (χ2n) is 8.55. The number of nitrogens with one attached hydrogen (secondary N) is 1. The molecule has 4 rings (SSSR count). The Morgan fingerprint density at radius 2 is 1.53 bits per heavy atom. The van der Waals surface area contributed by atoms with Crippen molar-refractivity contribution in [2.24, 2.45) is 5.92 Å². The highest BCUT2D eigenvalue weighted by Crippen LogP contribution is 2.45. The number of aryl methyl sites for hydroxylation is 1. The number of rotatable bonds is 1. The third-order valence-electron chi connectivity index (χ3n) is 5.70. The first-order valence-electron chi connectivity index (χ1n) is 11.4. The van der Waals surface area contributed by atoms with Gasteiger partial charge in [-0.25, -0.2) is 13.2 Å². The van der Waals surface area contributed by atoms with Crippen molar-refractivity contribution < 1.29 is 22.8 Å². The Bertz CT molecular complexity index is 799. The lowest BCUT2D eigenvalue weighted by Gasteiger charge is -2.45. The molecule has 0 bridgehead atoms. The fourth-order valence-corrected chi connectivity index (χ4v) is 5.17. The van der Waals surface area contributed by atoms with E-state index in [0.29, 0.717) is 17.5 Å². The van der Waals surface area contributed by atoms with Crippen LogP contribution in [0.15, 0.2) is 42.5 Å². The van der Waals surface area contributed by atoms with Crippen LogP contribution in [0.3, 0.4) is 0 Å². The van der Waals surface area contributed by atoms with E-state index in [4.69, 9.17) is 9.59 Å². The SMILES string of the molecule is C=O.C=O.CC1(c2cc(F)ccc2F)CCC2NSCCC2C1.CCC.Cc1ccc(F)cc1. The molecule has 0 amide bonds. The van der Waals surface area contributed by atoms with Crippen molar-refractivity contribution in [1.29, 1.82) is 0 Å². The van der Waals surface area contributed by atoms with Crippen LogP contribution in [0.4, 0.5) is 13.2 Å². The summed E-state index contributed by atoms with van der Waals surface area (Å²) in [7, 11) is 0. The van der Waals surface area contributed by atoms with Gasteiger partial charge in [-0.15, -0.1) is 0 Å². The van der Waals surface area contributed by atoms with Gasteiger partial charge in [0.1, 0.15) is 31.0 Å². The van der Waals surface area contributed by atoms with Gasteiger partial charge in [0.05, 0.1) is 0 Å². The van der Waals surface area contributed by atoms with Crippen molar-refractivity contribution in [3.8, 4) is 0 Å². The monoisotopic (exact) mass is 497 g/mol. The average Bonchev–Trinajstić information content (AvgIpc) is 2.86. The second-order valence-corrected chi connectivity index (χ2v) is 9.48. The molecular formula is C27H38F3NO2S. The molecule has 1 aliphatic carbocycles. The molecule has 0 aromatic heterocycles. The molecule has 2 fully saturated rings. The van der Waals surface area contributed by atoms with Gasteiger partial charge in [-0.05, 0) is 79.8 Å². The van der Waals surface area contributed by atoms with Crippen LogP contribution in [0, 0.1) is 30.3 Å². The van der Waals surface area contributed by atoms with Gasteiger partial charge in [0.2, 0.25) is 0 Å². The Balaban J connectivity index is 0.000000605. The minimum atomic E-state index is -0.336. The first kappa shape index (κ1) is 31.9. The summed E-state index contributed by atoms with van der Waals surface area (Å²) in [6.45, 7) is 12.3. The van der Waals surface area contributed by atoms with Gasteiger partial charge in [-0.2, -0.15) is 0 Å². The summed E-state index contributed by atoms with van der Waals surface area (Å²) in [6.07, 6.45) is 5.34. The molecule has 1 heterocycles. The first-order valence-corrected chi connectivity index (χ1v) is 12.4. The number of fused-ring (bicyclic) bond motifs is 1. The van der Waals surface area contributed by atoms with E-state index < -0.39 is 0 Å². The maximum atomic E-state index is 14.0. The summed E-state index contributed by atoms with van der Waals surface area (Å²) >= 11 is 1.80. The van der Waals surface area contributed by atoms with Gasteiger partial charge >= 0.3 is 0 Å². The molecule has 0 radical (unpaired) electrons. The van der Waals surface area contributed by atoms with E-state index in [1.54, 1.807) is 24.1 Å². The molecular weight excluding hydrogens is 459 g/mol. The van der Waals surface area contributed by atoms with Crippen molar-refractivity contribution in [3.05, 3.63) is 71.0 Å². The van der Waals surface area contributed by atoms with Gasteiger partial charge in [-0.3, -0.25) is 4.72 Å². The third kappa shape index (κ3) is 10.4. The number of hydrogen-bond donors (Lipinski definition) is 1. The van der Waals surface area contributed by atoms with Crippen molar-refractivity contribution in [2.45, 2.75) is 71.3 Å². The van der Waals surface area contributed by atoms with Crippen molar-refractivity contribution >= 4 is 25.5 Å². The molecule has 34 heavy (non-hydrogen) atoms. The predicted molar refractivity (Wildman–Crippen MR) is 136 cm³/mol. The van der Waals surface area contributed by atoms with Crippen molar-refractivity contribution in [2.75, 3.05) is 5.75 Å². The summed E-state index contributed by atoms with van der Waals surface area (Å²) in [5.74, 6) is 0.930. The molecule has 1 saturated heterocycles. The Hall–Kier alpha value is -2.12. The van der Waals surface area contributed by atoms with Crippen LogP contribution in [-0.2, 0) is 15.0 Å². The van der Waals surface area contributed by atoms with Crippen LogP contribution < -0.4 is 4.72 Å². The molecule has 3 unspecified atom stereocenters. The highest BCUT2D eigenvalue weighted by molar-refractivity contribution is 7.97. The highest BCUT2D eigenvalue weighted by Gasteiger charge is 2.41. The predicted octanol–water partition coefficient (Wildman–Crippen LogP) is 7.21. The second kappa shape index (κ2) is 17.3. The van der Waals surface area contributed by atoms with Crippen LogP contribution in [0.25, 0.3) is 0 Å². The van der Waals surface area contributed by atoms with E-state index in [1.165, 1.54) is 43.2 Å². The number of benzene rings is 2. The zero-order chi connectivity index (χ0) is 26.1. The average molecular weight is 498 g/mol. The molecule has 2 aromatic rings. The summed E-state index contributed by atoms with van der Waals surface area (Å²) in [5, 5.41) is 0. The molecule has 190 valence electrons. The van der Waals surface area contributed by atoms with Gasteiger partial charge in [0.15, 0.2) is 0 Å². The largest absolute Gasteiger partial charge is 0.307 e. The maximum Gasteiger partial charge on any atom is 0.127 e. The fourth-order valence-electron chi connectivity index (χ4n) is 4.11. The van der Waals surface area contributed by atoms with Crippen LogP contribution in [-0.4, -0.2) is 25.4 Å². The third-order valence-corrected chi connectivity index (χ3v) is 6.61. The standard InChI is InChI=1S/C15H19F2NS.C7H7F.C3H8.2CH2O/c1-15(12-8-11(16)2-3-13(12)17)6-4-14-10(9-15)5-7-19-18-14;1-6-2-4-7(8)5-3-6;1-3-2;2*1-2/h2-3,8,10,14,18H,4-7,9H2,1H3;2-5H,1H3;3H2,1-2H3;2*1H2. The molecule has 0 spiro atoms. The Morgan fingerprint density at radius 3 is 2.09 bits per heavy atom. The van der Waals surface area contributed by atoms with E-state index in [1.807, 2.05) is 20.5 Å². The zero-order valence-corrected chi connectivity index (χ0v) is 21.5. The summed E-state index contributed by atoms with van der Waals surface area (Å²) in [4.78, 5) is 16.0. The maximum absolute atomic E-state index is 14.0. The van der Waals surface area contributed by atoms with Crippen LogP contribution in [0.2, 0.25) is 0 Å². The summed E-state index contributed by atoms with van der Waals surface area (Å²) in [5.41, 5.74) is 1.42. The van der Waals surface area contributed by atoms with Crippen molar-refractivity contribution in [1.82, 2.24) is 4.72 Å². The van der Waals surface area contributed by atoms with Gasteiger partial charge in [0, 0.05) is 11.8 Å². The number of hydrogen-bond acceptors (Lipinski definition) is 4. The van der Waals surface area contributed by atoms with Crippen LogP contribution in [0.1, 0.15) is 64.0 Å². The first-order chi connectivity index (χ1) is 16.3. The summed E-state index contributed by atoms with van der Waals surface area (Å²) in [6, 6.07) is 10.8. The summed E-state index contributed by atoms with van der Waals surface area (Å²) < 4.78 is 43.0. The van der Waals surface area contributed by atoms with E-state index >= 15 is 0 Å². The smallest absolute Gasteiger partial charge is 0.127 e. The van der Waals surface area contributed by atoms with E-state index in [0.717, 1.165) is 30.6 Å². The lowest BCUT2D eigenvalue weighted by atomic mass is 9.65. The quantitative estimate of drug-likeness (QED) is 0.423. The molecule has 7 heteroatoms. The molecule has 2 aromatic carbocycles. The van der Waals surface area contributed by atoms with Gasteiger partial charge in [-0.1, -0.05) is 56.8 Å². The normalized spacial score (nSPS) is 22.4. The minimum absolute atomic E-state index is 0.171. The molecule has 1 N–H and O–H groups in total. The minimum Gasteiger partial charge on any atom is -0.307 e. The lowest BCUT2D eigenvalue weighted by molar-refractivity contribution is -0.0987. The van der Waals surface area contributed by atoms with Gasteiger partial charge in [0.25, 0.3) is 0 Å². The Morgan fingerprint density at radius 1 is 0.971 bits per heavy atom. The molecule has 1 saturated carbocycles. The molecule has 2 aliphatic rings. The van der Waals surface area contributed by atoms with Crippen LogP contribution >= 0.6 is 11.9 Å². The molecule has 3 atom stereocenters. The highest BCUT2D eigenvalue weighted by atomic mass is 32.2. The number of carbonyl (C=O) groups excluding carboxylic acids is 2. The topological polar surface area (TPSA) is 46.2 Å². The fraction of sp³-hybridized carbons (Fsp3) is 0.481. The Kier molecular flexibility index (Phi) is 16.3. The molecule has 3 nitrogen and oxygen atoms in total. The Labute approximate surface area is 207 Å². The lowest BCUT2D eigenvalue weighted by Crippen LogP contribution is -2.45. The zero-order valence-electron chi connectivity index (χ0n) is 20.7. The number of carbonyl (C=O) groups is 2.